The number of nitro groups is 1. The van der Waals surface area contributed by atoms with Crippen molar-refractivity contribution in [1.29, 1.82) is 0 Å². The molecule has 0 heterocycles. The van der Waals surface area contributed by atoms with Crippen LogP contribution in [0, 0.1) is 17.0 Å². The van der Waals surface area contributed by atoms with Gasteiger partial charge in [0.1, 0.15) is 0 Å². The van der Waals surface area contributed by atoms with Crippen LogP contribution < -0.4 is 10.7 Å². The molecule has 128 valence electrons. The highest BCUT2D eigenvalue weighted by molar-refractivity contribution is 6.40. The number of amides is 2. The number of nitrogens with zero attached hydrogens (tertiary/aromatic N) is 2. The lowest BCUT2D eigenvalue weighted by molar-refractivity contribution is -0.384. The number of nitro benzene ring substituents is 1. The fourth-order valence-electron chi connectivity index (χ4n) is 1.82. The normalized spacial score (nSPS) is 10.5. The van der Waals surface area contributed by atoms with Gasteiger partial charge >= 0.3 is 11.8 Å². The molecule has 2 rings (SSSR count). The van der Waals surface area contributed by atoms with Crippen LogP contribution in [0.3, 0.4) is 0 Å². The van der Waals surface area contributed by atoms with E-state index in [4.69, 9.17) is 11.6 Å². The van der Waals surface area contributed by atoms with Crippen molar-refractivity contribution < 1.29 is 14.5 Å². The average molecular weight is 361 g/mol. The number of halogens is 1. The van der Waals surface area contributed by atoms with Crippen LogP contribution in [0.5, 0.6) is 0 Å². The standard InChI is InChI=1S/C16H13ClN4O4/c1-10-13(17)3-2-4-14(10)19-15(22)16(23)20-18-9-11-5-7-12(8-6-11)21(24)25/h2-9H,1H3,(H,19,22)(H,20,23)/b18-9+. The van der Waals surface area contributed by atoms with Crippen molar-refractivity contribution in [3.8, 4) is 0 Å². The number of hydrogen-bond acceptors (Lipinski definition) is 5. The van der Waals surface area contributed by atoms with Gasteiger partial charge in [-0.3, -0.25) is 19.7 Å². The maximum atomic E-state index is 11.8. The number of anilines is 1. The molecule has 0 aliphatic rings. The Morgan fingerprint density at radius 3 is 2.48 bits per heavy atom. The molecule has 0 atom stereocenters. The van der Waals surface area contributed by atoms with Crippen LogP contribution in [0.25, 0.3) is 0 Å². The van der Waals surface area contributed by atoms with Crippen molar-refractivity contribution in [2.24, 2.45) is 5.10 Å². The zero-order chi connectivity index (χ0) is 18.4. The Hall–Kier alpha value is -3.26. The van der Waals surface area contributed by atoms with Crippen LogP contribution in [-0.4, -0.2) is 23.0 Å². The van der Waals surface area contributed by atoms with Gasteiger partial charge in [-0.15, -0.1) is 0 Å². The van der Waals surface area contributed by atoms with E-state index in [1.54, 1.807) is 25.1 Å². The summed E-state index contributed by atoms with van der Waals surface area (Å²) in [6, 6.07) is 10.5. The smallest absolute Gasteiger partial charge is 0.317 e. The largest absolute Gasteiger partial charge is 0.329 e. The maximum absolute atomic E-state index is 11.8. The number of nitrogens with one attached hydrogen (secondary N) is 2. The number of carbonyl (C=O) groups excluding carboxylic acids is 2. The Bertz CT molecular complexity index is 850. The number of non-ortho nitro benzene ring substituents is 1. The van der Waals surface area contributed by atoms with Gasteiger partial charge < -0.3 is 5.32 Å². The van der Waals surface area contributed by atoms with E-state index < -0.39 is 16.7 Å². The molecular weight excluding hydrogens is 348 g/mol. The first-order chi connectivity index (χ1) is 11.9. The molecule has 0 saturated carbocycles. The van der Waals surface area contributed by atoms with E-state index in [1.165, 1.54) is 30.5 Å². The van der Waals surface area contributed by atoms with Crippen LogP contribution in [0.15, 0.2) is 47.6 Å². The van der Waals surface area contributed by atoms with Crippen LogP contribution in [0.4, 0.5) is 11.4 Å². The van der Waals surface area contributed by atoms with Gasteiger partial charge in [0.25, 0.3) is 5.69 Å². The van der Waals surface area contributed by atoms with Crippen molar-refractivity contribution >= 4 is 41.0 Å². The molecule has 0 aromatic heterocycles. The topological polar surface area (TPSA) is 114 Å². The summed E-state index contributed by atoms with van der Waals surface area (Å²) < 4.78 is 0. The quantitative estimate of drug-likeness (QED) is 0.377. The van der Waals surface area contributed by atoms with Gasteiger partial charge in [-0.2, -0.15) is 5.10 Å². The zero-order valence-corrected chi connectivity index (χ0v) is 13.8. The summed E-state index contributed by atoms with van der Waals surface area (Å²) in [6.07, 6.45) is 1.26. The molecule has 9 heteroatoms. The minimum absolute atomic E-state index is 0.0579. The third kappa shape index (κ3) is 4.85. The molecule has 0 aliphatic carbocycles. The summed E-state index contributed by atoms with van der Waals surface area (Å²) >= 11 is 5.94. The number of carbonyl (C=O) groups is 2. The lowest BCUT2D eigenvalue weighted by atomic mass is 10.2. The fraction of sp³-hybridized carbons (Fsp3) is 0.0625. The first-order valence-electron chi connectivity index (χ1n) is 7.02. The summed E-state index contributed by atoms with van der Waals surface area (Å²) in [5.74, 6) is -1.86. The average Bonchev–Trinajstić information content (AvgIpc) is 2.59. The molecule has 0 fully saturated rings. The van der Waals surface area contributed by atoms with Gasteiger partial charge in [0.2, 0.25) is 0 Å². The summed E-state index contributed by atoms with van der Waals surface area (Å²) in [6.45, 7) is 1.71. The van der Waals surface area contributed by atoms with E-state index in [2.05, 4.69) is 15.8 Å². The van der Waals surface area contributed by atoms with Gasteiger partial charge in [0.15, 0.2) is 0 Å². The Kier molecular flexibility index (Phi) is 5.80. The van der Waals surface area contributed by atoms with E-state index in [9.17, 15) is 19.7 Å². The van der Waals surface area contributed by atoms with Crippen LogP contribution in [0.1, 0.15) is 11.1 Å². The summed E-state index contributed by atoms with van der Waals surface area (Å²) in [5, 5.41) is 17.1. The molecule has 0 bridgehead atoms. The molecular formula is C16H13ClN4O4. The Balaban J connectivity index is 1.93. The molecule has 25 heavy (non-hydrogen) atoms. The van der Waals surface area contributed by atoms with Gasteiger partial charge in [0, 0.05) is 22.8 Å². The lowest BCUT2D eigenvalue weighted by Crippen LogP contribution is -2.32. The predicted octanol–water partition coefficient (Wildman–Crippen LogP) is 2.65. The molecule has 0 aliphatic heterocycles. The highest BCUT2D eigenvalue weighted by Gasteiger charge is 2.14. The van der Waals surface area contributed by atoms with E-state index in [0.717, 1.165) is 0 Å². The van der Waals surface area contributed by atoms with Gasteiger partial charge in [-0.25, -0.2) is 5.43 Å². The molecule has 2 aromatic carbocycles. The van der Waals surface area contributed by atoms with Crippen LogP contribution >= 0.6 is 11.6 Å². The van der Waals surface area contributed by atoms with Gasteiger partial charge in [-0.1, -0.05) is 17.7 Å². The molecule has 0 radical (unpaired) electrons. The Morgan fingerprint density at radius 2 is 1.84 bits per heavy atom. The number of rotatable bonds is 4. The van der Waals surface area contributed by atoms with Crippen LogP contribution in [0.2, 0.25) is 5.02 Å². The highest BCUT2D eigenvalue weighted by Crippen LogP contribution is 2.22. The summed E-state index contributed by atoms with van der Waals surface area (Å²) in [4.78, 5) is 33.6. The van der Waals surface area contributed by atoms with Gasteiger partial charge in [-0.05, 0) is 42.3 Å². The second-order valence-corrected chi connectivity index (χ2v) is 5.32. The third-order valence-electron chi connectivity index (χ3n) is 3.21. The van der Waals surface area contributed by atoms with E-state index in [0.29, 0.717) is 21.8 Å². The molecule has 0 spiro atoms. The minimum Gasteiger partial charge on any atom is -0.317 e. The Morgan fingerprint density at radius 1 is 1.16 bits per heavy atom. The van der Waals surface area contributed by atoms with E-state index in [1.807, 2.05) is 0 Å². The maximum Gasteiger partial charge on any atom is 0.329 e. The van der Waals surface area contributed by atoms with Crippen molar-refractivity contribution in [2.45, 2.75) is 6.92 Å². The Labute approximate surface area is 147 Å². The highest BCUT2D eigenvalue weighted by atomic mass is 35.5. The van der Waals surface area contributed by atoms with Gasteiger partial charge in [0.05, 0.1) is 11.1 Å². The SMILES string of the molecule is Cc1c(Cl)cccc1NC(=O)C(=O)N/N=C/c1ccc([N+](=O)[O-])cc1. The molecule has 2 N–H and O–H groups in total. The molecule has 0 saturated heterocycles. The predicted molar refractivity (Wildman–Crippen MR) is 93.7 cm³/mol. The van der Waals surface area contributed by atoms with Crippen molar-refractivity contribution in [2.75, 3.05) is 5.32 Å². The van der Waals surface area contributed by atoms with E-state index >= 15 is 0 Å². The lowest BCUT2D eigenvalue weighted by Gasteiger charge is -2.08. The molecule has 8 nitrogen and oxygen atoms in total. The number of hydrogen-bond donors (Lipinski definition) is 2. The summed E-state index contributed by atoms with van der Waals surface area (Å²) in [7, 11) is 0. The summed E-state index contributed by atoms with van der Waals surface area (Å²) in [5.41, 5.74) is 3.60. The zero-order valence-electron chi connectivity index (χ0n) is 13.0. The monoisotopic (exact) mass is 360 g/mol. The molecule has 2 amide bonds. The fourth-order valence-corrected chi connectivity index (χ4v) is 1.99. The number of benzene rings is 2. The molecule has 0 unspecified atom stereocenters. The second kappa shape index (κ2) is 8.02. The third-order valence-corrected chi connectivity index (χ3v) is 3.62. The van der Waals surface area contributed by atoms with E-state index in [-0.39, 0.29) is 5.69 Å². The first kappa shape index (κ1) is 18.1. The number of hydrazone groups is 1. The molecule has 2 aromatic rings. The second-order valence-electron chi connectivity index (χ2n) is 4.91. The van der Waals surface area contributed by atoms with Crippen molar-refractivity contribution in [1.82, 2.24) is 5.43 Å². The first-order valence-corrected chi connectivity index (χ1v) is 7.40. The van der Waals surface area contributed by atoms with Crippen molar-refractivity contribution in [3.63, 3.8) is 0 Å². The van der Waals surface area contributed by atoms with Crippen molar-refractivity contribution in [3.05, 3.63) is 68.7 Å². The minimum atomic E-state index is -0.961. The van der Waals surface area contributed by atoms with Crippen LogP contribution in [-0.2, 0) is 9.59 Å².